The van der Waals surface area contributed by atoms with Gasteiger partial charge in [-0.1, -0.05) is 0 Å². The number of ketones is 3. The van der Waals surface area contributed by atoms with Gasteiger partial charge in [0.25, 0.3) is 0 Å². The van der Waals surface area contributed by atoms with E-state index in [9.17, 15) is 14.4 Å². The topological polar surface area (TPSA) is 94.6 Å². The summed E-state index contributed by atoms with van der Waals surface area (Å²) in [4.78, 5) is 48.1. The molecule has 0 saturated heterocycles. The number of nitrogens with zero attached hydrogens (tertiary/aromatic N) is 2. The lowest BCUT2D eigenvalue weighted by Gasteiger charge is -2.18. The molecule has 0 radical (unpaired) electrons. The Labute approximate surface area is 174 Å². The van der Waals surface area contributed by atoms with E-state index in [1.54, 1.807) is 18.5 Å². The van der Waals surface area contributed by atoms with Gasteiger partial charge in [0, 0.05) is 30.1 Å². The summed E-state index contributed by atoms with van der Waals surface area (Å²) in [5, 5.41) is 3.05. The second kappa shape index (κ2) is 7.93. The minimum atomic E-state index is -0.252. The molecular formula is C23H24N4O3. The Hall–Kier alpha value is -3.16. The minimum absolute atomic E-state index is 0.120. The van der Waals surface area contributed by atoms with Crippen LogP contribution in [-0.4, -0.2) is 67.7 Å². The highest BCUT2D eigenvalue weighted by molar-refractivity contribution is 6.27. The van der Waals surface area contributed by atoms with E-state index in [4.69, 9.17) is 0 Å². The van der Waals surface area contributed by atoms with Crippen LogP contribution < -0.4 is 5.32 Å². The number of aromatic nitrogens is 1. The molecule has 0 unspecified atom stereocenters. The monoisotopic (exact) mass is 404 g/mol. The number of aromatic amines is 1. The van der Waals surface area contributed by atoms with Crippen molar-refractivity contribution in [2.24, 2.45) is 4.99 Å². The first-order valence-corrected chi connectivity index (χ1v) is 9.97. The summed E-state index contributed by atoms with van der Waals surface area (Å²) in [6.07, 6.45) is 9.20. The first kappa shape index (κ1) is 20.1. The van der Waals surface area contributed by atoms with Crippen molar-refractivity contribution in [1.29, 1.82) is 0 Å². The number of H-pyrrole nitrogens is 1. The molecule has 0 aromatic carbocycles. The maximum Gasteiger partial charge on any atom is 0.210 e. The Morgan fingerprint density at radius 3 is 2.63 bits per heavy atom. The summed E-state index contributed by atoms with van der Waals surface area (Å²) in [7, 11) is 5.78. The van der Waals surface area contributed by atoms with Crippen LogP contribution in [0.2, 0.25) is 0 Å². The molecule has 2 heterocycles. The summed E-state index contributed by atoms with van der Waals surface area (Å²) in [5.41, 5.74) is 4.24. The number of aliphatic imine (C=N–C) groups is 1. The number of fused-ring (bicyclic) bond motifs is 2. The number of Topliss-reactive ketones (excluding diaryl/α,β-unsaturated/α-hetero) is 1. The van der Waals surface area contributed by atoms with Gasteiger partial charge in [-0.15, -0.1) is 0 Å². The molecule has 0 atom stereocenters. The van der Waals surface area contributed by atoms with Crippen molar-refractivity contribution in [2.75, 3.05) is 34.2 Å². The average Bonchev–Trinajstić information content (AvgIpc) is 3.33. The molecule has 0 fully saturated rings. The van der Waals surface area contributed by atoms with Crippen molar-refractivity contribution in [3.63, 3.8) is 0 Å². The van der Waals surface area contributed by atoms with Crippen LogP contribution in [0.3, 0.4) is 0 Å². The highest BCUT2D eigenvalue weighted by Gasteiger charge is 2.35. The average molecular weight is 404 g/mol. The fourth-order valence-corrected chi connectivity index (χ4v) is 3.96. The van der Waals surface area contributed by atoms with Crippen LogP contribution in [0, 0.1) is 0 Å². The molecule has 1 aliphatic heterocycles. The predicted molar refractivity (Wildman–Crippen MR) is 115 cm³/mol. The first-order valence-electron chi connectivity index (χ1n) is 9.97. The van der Waals surface area contributed by atoms with Gasteiger partial charge in [0.2, 0.25) is 5.78 Å². The summed E-state index contributed by atoms with van der Waals surface area (Å²) in [6, 6.07) is 0. The van der Waals surface area contributed by atoms with Gasteiger partial charge in [-0.25, -0.2) is 0 Å². The van der Waals surface area contributed by atoms with Crippen molar-refractivity contribution < 1.29 is 14.4 Å². The molecule has 0 bridgehead atoms. The van der Waals surface area contributed by atoms with Gasteiger partial charge < -0.3 is 15.2 Å². The third-order valence-corrected chi connectivity index (χ3v) is 5.53. The lowest BCUT2D eigenvalue weighted by molar-refractivity contribution is -0.111. The third kappa shape index (κ3) is 3.36. The van der Waals surface area contributed by atoms with Crippen molar-refractivity contribution in [3.8, 4) is 0 Å². The van der Waals surface area contributed by atoms with Gasteiger partial charge in [0.05, 0.1) is 22.5 Å². The van der Waals surface area contributed by atoms with Crippen LogP contribution >= 0.6 is 0 Å². The Bertz CT molecular complexity index is 1110. The Kier molecular flexibility index (Phi) is 5.32. The number of nitrogens with one attached hydrogen (secondary N) is 2. The Morgan fingerprint density at radius 1 is 1.10 bits per heavy atom. The fraction of sp³-hybridized carbons (Fsp3) is 0.304. The molecule has 4 rings (SSSR count). The first-order chi connectivity index (χ1) is 14.4. The number of carbonyl (C=O) groups excluding carboxylic acids is 3. The minimum Gasteiger partial charge on any atom is -0.358 e. The summed E-state index contributed by atoms with van der Waals surface area (Å²) in [5.74, 6) is -0.575. The van der Waals surface area contributed by atoms with Gasteiger partial charge >= 0.3 is 0 Å². The van der Waals surface area contributed by atoms with E-state index in [-0.39, 0.29) is 22.9 Å². The SMILES string of the molecule is CNCCc1c[nH]c2c1C(=O)C=C(C1=C3N=CC(CCN(C)C)=C3C(=O)C=C1)C2=O. The quantitative estimate of drug-likeness (QED) is 0.723. The van der Waals surface area contributed by atoms with Crippen LogP contribution in [0.1, 0.15) is 32.8 Å². The van der Waals surface area contributed by atoms with E-state index in [1.165, 1.54) is 12.2 Å². The van der Waals surface area contributed by atoms with E-state index in [0.717, 1.165) is 17.7 Å². The lowest BCUT2D eigenvalue weighted by atomic mass is 9.84. The number of hydrogen-bond donors (Lipinski definition) is 2. The largest absolute Gasteiger partial charge is 0.358 e. The van der Waals surface area contributed by atoms with E-state index >= 15 is 0 Å². The van der Waals surface area contributed by atoms with Crippen molar-refractivity contribution >= 4 is 23.6 Å². The van der Waals surface area contributed by atoms with Gasteiger partial charge in [-0.3, -0.25) is 19.4 Å². The zero-order valence-corrected chi connectivity index (χ0v) is 17.3. The zero-order chi connectivity index (χ0) is 21.4. The number of carbonyl (C=O) groups is 3. The van der Waals surface area contributed by atoms with Crippen LogP contribution in [-0.2, 0) is 11.2 Å². The second-order valence-electron chi connectivity index (χ2n) is 7.84. The van der Waals surface area contributed by atoms with Crippen LogP contribution in [0.15, 0.2) is 57.4 Å². The van der Waals surface area contributed by atoms with Gasteiger partial charge in [0.1, 0.15) is 0 Å². The molecular weight excluding hydrogens is 380 g/mol. The molecule has 1 aromatic heterocycles. The normalized spacial score (nSPS) is 18.0. The van der Waals surface area contributed by atoms with Gasteiger partial charge in [-0.05, 0) is 69.9 Å². The van der Waals surface area contributed by atoms with Crippen molar-refractivity contribution in [1.82, 2.24) is 15.2 Å². The van der Waals surface area contributed by atoms with Crippen LogP contribution in [0.25, 0.3) is 0 Å². The molecule has 0 amide bonds. The standard InChI is InChI=1S/C23H24N4O3/c1-24-8-6-13-11-26-22-20(13)18(29)10-16(23(22)30)15-4-5-17(28)19-14(7-9-27(2)3)12-25-21(15)19/h4-5,10-12,24,26H,6-9H2,1-3H3. The molecule has 30 heavy (non-hydrogen) atoms. The highest BCUT2D eigenvalue weighted by Crippen LogP contribution is 2.37. The van der Waals surface area contributed by atoms with E-state index in [1.807, 2.05) is 26.0 Å². The molecule has 2 N–H and O–H groups in total. The zero-order valence-electron chi connectivity index (χ0n) is 17.3. The fourth-order valence-electron chi connectivity index (χ4n) is 3.96. The maximum absolute atomic E-state index is 13.2. The summed E-state index contributed by atoms with van der Waals surface area (Å²) >= 11 is 0. The molecule has 1 aromatic rings. The summed E-state index contributed by atoms with van der Waals surface area (Å²) < 4.78 is 0. The van der Waals surface area contributed by atoms with Gasteiger partial charge in [-0.2, -0.15) is 0 Å². The highest BCUT2D eigenvalue weighted by atomic mass is 16.1. The van der Waals surface area contributed by atoms with E-state index in [2.05, 4.69) is 15.3 Å². The molecule has 7 heteroatoms. The molecule has 2 aliphatic carbocycles. The van der Waals surface area contributed by atoms with Gasteiger partial charge in [0.15, 0.2) is 11.6 Å². The van der Waals surface area contributed by atoms with Crippen LogP contribution in [0.4, 0.5) is 0 Å². The molecule has 154 valence electrons. The lowest BCUT2D eigenvalue weighted by Crippen LogP contribution is -2.21. The predicted octanol–water partition coefficient (Wildman–Crippen LogP) is 1.81. The second-order valence-corrected chi connectivity index (χ2v) is 7.84. The molecule has 3 aliphatic rings. The number of rotatable bonds is 7. The molecule has 7 nitrogen and oxygen atoms in total. The summed E-state index contributed by atoms with van der Waals surface area (Å²) in [6.45, 7) is 1.49. The number of likely N-dealkylation sites (N-methyl/N-ethyl adjacent to an activating group) is 1. The van der Waals surface area contributed by atoms with E-state index < -0.39 is 0 Å². The number of hydrogen-bond acceptors (Lipinski definition) is 6. The Morgan fingerprint density at radius 2 is 1.90 bits per heavy atom. The smallest absolute Gasteiger partial charge is 0.210 e. The third-order valence-electron chi connectivity index (χ3n) is 5.53. The van der Waals surface area contributed by atoms with Crippen LogP contribution in [0.5, 0.6) is 0 Å². The number of allylic oxidation sites excluding steroid dienone is 6. The van der Waals surface area contributed by atoms with E-state index in [0.29, 0.717) is 47.5 Å². The maximum atomic E-state index is 13.2. The molecule has 0 spiro atoms. The van der Waals surface area contributed by atoms with Crippen molar-refractivity contribution in [3.05, 3.63) is 69.2 Å². The molecule has 0 saturated carbocycles. The Balaban J connectivity index is 1.73. The van der Waals surface area contributed by atoms with Crippen molar-refractivity contribution in [2.45, 2.75) is 12.8 Å².